The van der Waals surface area contributed by atoms with Crippen LogP contribution in [0, 0.1) is 0 Å². The number of benzene rings is 24. The van der Waals surface area contributed by atoms with Crippen LogP contribution in [0.3, 0.4) is 0 Å². The molecule has 0 amide bonds. The van der Waals surface area contributed by atoms with Crippen molar-refractivity contribution in [2.75, 3.05) is 19.6 Å². The van der Waals surface area contributed by atoms with Gasteiger partial charge in [0.1, 0.15) is 16.7 Å². The van der Waals surface area contributed by atoms with Crippen LogP contribution >= 0.6 is 35.3 Å². The zero-order chi connectivity index (χ0) is 91.3. The summed E-state index contributed by atoms with van der Waals surface area (Å²) in [6.07, 6.45) is 0. The highest BCUT2D eigenvalue weighted by atomic mass is 32.2. The van der Waals surface area contributed by atoms with Crippen LogP contribution in [0.1, 0.15) is 0 Å². The molecule has 0 aliphatic carbocycles. The van der Waals surface area contributed by atoms with Crippen LogP contribution in [0.5, 0.6) is 11.5 Å². The monoisotopic (exact) mass is 1830 g/mol. The summed E-state index contributed by atoms with van der Waals surface area (Å²) >= 11 is 5.62. The summed E-state index contributed by atoms with van der Waals surface area (Å²) in [4.78, 5) is 17.3. The van der Waals surface area contributed by atoms with Gasteiger partial charge in [-0.1, -0.05) is 381 Å². The molecule has 11 heteroatoms. The van der Waals surface area contributed by atoms with E-state index in [1.54, 1.807) is 0 Å². The van der Waals surface area contributed by atoms with Gasteiger partial charge in [-0.2, -0.15) is 0 Å². The molecule has 3 aromatic heterocycles. The van der Waals surface area contributed by atoms with Crippen LogP contribution in [0.25, 0.3) is 158 Å². The Labute approximate surface area is 812 Å². The number of anilines is 12. The third kappa shape index (κ3) is 13.2. The average Bonchev–Trinajstić information content (AvgIpc) is 1.35. The van der Waals surface area contributed by atoms with Crippen molar-refractivity contribution in [3.05, 3.63) is 479 Å². The van der Waals surface area contributed by atoms with Gasteiger partial charge in [-0.05, 0) is 193 Å². The van der Waals surface area contributed by atoms with Crippen molar-refractivity contribution in [1.29, 1.82) is 0 Å². The molecule has 27 aromatic rings. The first-order valence-corrected chi connectivity index (χ1v) is 49.4. The number of rotatable bonds is 5. The molecule has 0 atom stereocenters. The summed E-state index contributed by atoms with van der Waals surface area (Å²) in [6, 6.07) is 171. The van der Waals surface area contributed by atoms with Crippen LogP contribution < -0.4 is 24.3 Å². The van der Waals surface area contributed by atoms with Crippen molar-refractivity contribution >= 4 is 255 Å². The van der Waals surface area contributed by atoms with Gasteiger partial charge in [0, 0.05) is 111 Å². The van der Waals surface area contributed by atoms with Gasteiger partial charge < -0.3 is 37.7 Å². The minimum Gasteiger partial charge on any atom is -0.456 e. The first-order chi connectivity index (χ1) is 69.0. The van der Waals surface area contributed by atoms with Crippen molar-refractivity contribution in [3.8, 4) is 17.2 Å². The molecule has 7 heterocycles. The first-order valence-electron chi connectivity index (χ1n) is 47.0. The van der Waals surface area contributed by atoms with E-state index in [9.17, 15) is 0 Å². The number of nitrogens with zero attached hydrogens (tertiary/aromatic N) is 5. The highest BCUT2D eigenvalue weighted by molar-refractivity contribution is 8.00. The van der Waals surface area contributed by atoms with E-state index in [1.807, 2.05) is 53.5 Å². The number of hydrogen-bond donors (Lipinski definition) is 0. The van der Waals surface area contributed by atoms with E-state index in [4.69, 9.17) is 13.6 Å². The van der Waals surface area contributed by atoms with E-state index in [1.165, 1.54) is 177 Å². The van der Waals surface area contributed by atoms with Crippen molar-refractivity contribution < 1.29 is 13.6 Å². The number of ether oxygens (including phenoxy) is 1. The molecule has 0 unspecified atom stereocenters. The minimum absolute atomic E-state index is 0.881. The lowest BCUT2D eigenvalue weighted by atomic mass is 10.0. The standard InChI is InChI=1S/C38H24N2S.2C32H19NOS.C26H17NO/c1-2-12-27(13-3-1)39-33-17-9-8-16-31(33)32-24-28(20-22-34(32)39)40-35-21-18-26-11-5-7-15-30(26)38(35)41-36-23-19-25-10-4-6-14-29(25)37(36)40;1-3-10-22-20(8-1)17-19-29-30(22)33(27-18-16-21-9-2-4-11-23(21)32(27)35-29)26-14-7-13-25-24-12-5-6-15-28(24)34-31(25)26;1-3-9-23-20(7-1)14-18-30-31(23)33(27-16-13-21-8-2-4-10-24(21)32(27)35-30)22-15-17-29-26(19-22)25-11-5-6-12-28(25)34-29;1-2-10-20(11-3-1)27-23-16-14-19-9-5-7-13-22(19)26(23)28-24-17-15-18-8-4-6-12-21(18)25(24)27/h1-24H;2*1-19H;1-17H. The predicted octanol–water partition coefficient (Wildman–Crippen LogP) is 38.2. The zero-order valence-corrected chi connectivity index (χ0v) is 77.2. The van der Waals surface area contributed by atoms with Crippen molar-refractivity contribution in [3.63, 3.8) is 0 Å². The van der Waals surface area contributed by atoms with Gasteiger partial charge >= 0.3 is 0 Å². The fourth-order valence-corrected chi connectivity index (χ4v) is 25.2. The molecule has 0 N–H and O–H groups in total. The summed E-state index contributed by atoms with van der Waals surface area (Å²) < 4.78 is 21.5. The lowest BCUT2D eigenvalue weighted by Gasteiger charge is -2.34. The fraction of sp³-hybridized carbons (Fsp3) is 0. The SMILES string of the molecule is c1ccc(-n2c3ccccc3c3cc(N4c5ccc6ccccc6c5Sc5ccc6ccccc6c54)ccc32)cc1.c1ccc(N2c3ccc4ccccc4c3Oc3ccc4ccccc4c32)cc1.c1ccc2c3c(ccc2c1)N(c1ccc2oc4ccccc4c2c1)c1c(ccc2ccccc12)S3.c1ccc2c3c(ccc2c1)N(c1cccc2c1oc1ccccc12)c1c(ccc2ccccc12)S3. The molecule has 24 aromatic carbocycles. The van der Waals surface area contributed by atoms with Gasteiger partial charge in [0.05, 0.1) is 62.2 Å². The molecule has 0 saturated heterocycles. The lowest BCUT2D eigenvalue weighted by Crippen LogP contribution is -2.16. The van der Waals surface area contributed by atoms with Crippen LogP contribution in [-0.4, -0.2) is 4.57 Å². The third-order valence-corrected chi connectivity index (χ3v) is 31.3. The second-order valence-electron chi connectivity index (χ2n) is 35.6. The van der Waals surface area contributed by atoms with Crippen molar-refractivity contribution in [2.24, 2.45) is 0 Å². The van der Waals surface area contributed by atoms with Crippen molar-refractivity contribution in [2.45, 2.75) is 29.4 Å². The highest BCUT2D eigenvalue weighted by Crippen LogP contribution is 2.62. The molecule has 31 rings (SSSR count). The number of fused-ring (bicyclic) bond motifs is 33. The van der Waals surface area contributed by atoms with Gasteiger partial charge in [0.25, 0.3) is 0 Å². The van der Waals surface area contributed by atoms with E-state index >= 15 is 0 Å². The smallest absolute Gasteiger partial charge is 0.159 e. The van der Waals surface area contributed by atoms with Gasteiger partial charge in [0.2, 0.25) is 0 Å². The minimum atomic E-state index is 0.881. The van der Waals surface area contributed by atoms with Gasteiger partial charge in [-0.25, -0.2) is 0 Å². The van der Waals surface area contributed by atoms with Crippen LogP contribution in [0.2, 0.25) is 0 Å². The number of para-hydroxylation sites is 6. The van der Waals surface area contributed by atoms with E-state index in [0.29, 0.717) is 0 Å². The van der Waals surface area contributed by atoms with Crippen LogP contribution in [-0.2, 0) is 0 Å². The molecular formula is C128H79N5O3S3. The van der Waals surface area contributed by atoms with E-state index < -0.39 is 0 Å². The Morgan fingerprint density at radius 1 is 0.180 bits per heavy atom. The average molecular weight is 1830 g/mol. The molecule has 0 saturated carbocycles. The van der Waals surface area contributed by atoms with Gasteiger partial charge in [-0.15, -0.1) is 0 Å². The van der Waals surface area contributed by atoms with E-state index in [-0.39, 0.29) is 0 Å². The number of furan rings is 2. The third-order valence-electron chi connectivity index (χ3n) is 27.8. The molecule has 8 nitrogen and oxygen atoms in total. The molecule has 0 spiro atoms. The maximum atomic E-state index is 6.52. The Morgan fingerprint density at radius 3 is 1.05 bits per heavy atom. The molecule has 0 radical (unpaired) electrons. The van der Waals surface area contributed by atoms with Gasteiger partial charge in [0.15, 0.2) is 17.1 Å². The maximum absolute atomic E-state index is 6.52. The largest absolute Gasteiger partial charge is 0.456 e. The summed E-state index contributed by atoms with van der Waals surface area (Å²) in [5.74, 6) is 1.79. The van der Waals surface area contributed by atoms with E-state index in [2.05, 4.69) is 485 Å². The number of aromatic nitrogens is 1. The molecule has 4 aliphatic heterocycles. The summed E-state index contributed by atoms with van der Waals surface area (Å²) in [6.45, 7) is 0. The van der Waals surface area contributed by atoms with Crippen LogP contribution in [0.4, 0.5) is 68.2 Å². The first kappa shape index (κ1) is 80.3. The summed E-state index contributed by atoms with van der Waals surface area (Å²) in [5, 5.41) is 26.9. The summed E-state index contributed by atoms with van der Waals surface area (Å²) in [7, 11) is 0. The van der Waals surface area contributed by atoms with Crippen LogP contribution in [0.15, 0.2) is 517 Å². The Hall–Kier alpha value is -17.2. The Balaban J connectivity index is 0.0000000919. The topological polar surface area (TPSA) is 53.4 Å². The molecule has 0 fully saturated rings. The highest BCUT2D eigenvalue weighted by Gasteiger charge is 2.36. The molecular weight excluding hydrogens is 1750 g/mol. The number of hydrogen-bond acceptors (Lipinski definition) is 10. The normalized spacial score (nSPS) is 12.8. The predicted molar refractivity (Wildman–Crippen MR) is 586 cm³/mol. The Morgan fingerprint density at radius 2 is 0.525 bits per heavy atom. The maximum Gasteiger partial charge on any atom is 0.159 e. The van der Waals surface area contributed by atoms with Gasteiger partial charge in [-0.3, -0.25) is 0 Å². The molecule has 0 bridgehead atoms. The second kappa shape index (κ2) is 32.8. The zero-order valence-electron chi connectivity index (χ0n) is 74.8. The fourth-order valence-electron chi connectivity index (χ4n) is 21.5. The molecule has 652 valence electrons. The molecule has 4 aliphatic rings. The van der Waals surface area contributed by atoms with Crippen molar-refractivity contribution in [1.82, 2.24) is 4.57 Å². The van der Waals surface area contributed by atoms with E-state index in [0.717, 1.165) is 89.2 Å². The summed E-state index contributed by atoms with van der Waals surface area (Å²) in [5.41, 5.74) is 21.2. The lowest BCUT2D eigenvalue weighted by molar-refractivity contribution is 0.483. The molecule has 139 heavy (non-hydrogen) atoms. The Kier molecular flexibility index (Phi) is 19.0. The second-order valence-corrected chi connectivity index (χ2v) is 38.7. The quantitative estimate of drug-likeness (QED) is 0.167. The Bertz CT molecular complexity index is 9740.